The minimum Gasteiger partial charge on any atom is -0.433 e. The van der Waals surface area contributed by atoms with E-state index in [1.165, 1.54) is 19.2 Å². The van der Waals surface area contributed by atoms with Crippen molar-refractivity contribution in [3.63, 3.8) is 0 Å². The van der Waals surface area contributed by atoms with E-state index in [9.17, 15) is 13.6 Å². The van der Waals surface area contributed by atoms with Gasteiger partial charge in [0.2, 0.25) is 5.91 Å². The van der Waals surface area contributed by atoms with Crippen molar-refractivity contribution in [3.05, 3.63) is 63.6 Å². The molecule has 0 aromatic heterocycles. The average Bonchev–Trinajstić information content (AvgIpc) is 2.69. The first-order valence-corrected chi connectivity index (χ1v) is 9.32. The molecule has 0 heterocycles. The van der Waals surface area contributed by atoms with E-state index in [0.29, 0.717) is 18.1 Å². The van der Waals surface area contributed by atoms with Crippen LogP contribution in [-0.2, 0) is 17.9 Å². The van der Waals surface area contributed by atoms with Crippen LogP contribution in [0.3, 0.4) is 0 Å². The van der Waals surface area contributed by atoms with Crippen molar-refractivity contribution < 1.29 is 18.3 Å². The Labute approximate surface area is 200 Å². The summed E-state index contributed by atoms with van der Waals surface area (Å²) < 4.78 is 29.8. The zero-order chi connectivity index (χ0) is 21.2. The van der Waals surface area contributed by atoms with Crippen LogP contribution in [0.15, 0.2) is 47.5 Å². The molecular weight excluding hydrogens is 552 g/mol. The van der Waals surface area contributed by atoms with Crippen molar-refractivity contribution in [3.8, 4) is 5.75 Å². The van der Waals surface area contributed by atoms with E-state index in [4.69, 9.17) is 23.2 Å². The predicted molar refractivity (Wildman–Crippen MR) is 125 cm³/mol. The van der Waals surface area contributed by atoms with Gasteiger partial charge in [0.15, 0.2) is 5.96 Å². The molecule has 164 valence electrons. The SMILES string of the molecule is CN=C(NCC(=O)NCc1ccccc1)NCc1cc(Cl)cc(Cl)c1OC(F)F.I. The normalized spacial score (nSPS) is 10.9. The molecule has 0 spiro atoms. The smallest absolute Gasteiger partial charge is 0.387 e. The summed E-state index contributed by atoms with van der Waals surface area (Å²) in [7, 11) is 1.51. The van der Waals surface area contributed by atoms with Gasteiger partial charge in [0.25, 0.3) is 0 Å². The summed E-state index contributed by atoms with van der Waals surface area (Å²) >= 11 is 11.9. The number of halogens is 5. The molecule has 0 fully saturated rings. The second kappa shape index (κ2) is 13.5. The molecule has 11 heteroatoms. The number of hydrogen-bond donors (Lipinski definition) is 3. The number of amides is 1. The Balaban J connectivity index is 0.00000450. The molecule has 2 aromatic carbocycles. The van der Waals surface area contributed by atoms with E-state index in [1.54, 1.807) is 0 Å². The van der Waals surface area contributed by atoms with Crippen molar-refractivity contribution >= 4 is 59.0 Å². The van der Waals surface area contributed by atoms with E-state index in [2.05, 4.69) is 25.7 Å². The number of nitrogens with one attached hydrogen (secondary N) is 3. The van der Waals surface area contributed by atoms with Gasteiger partial charge in [-0.25, -0.2) is 0 Å². The lowest BCUT2D eigenvalue weighted by atomic mass is 10.2. The quantitative estimate of drug-likeness (QED) is 0.252. The van der Waals surface area contributed by atoms with Crippen molar-refractivity contribution in [2.75, 3.05) is 13.6 Å². The largest absolute Gasteiger partial charge is 0.433 e. The number of rotatable bonds is 8. The Morgan fingerprint density at radius 1 is 1.10 bits per heavy atom. The molecule has 0 saturated carbocycles. The highest BCUT2D eigenvalue weighted by Crippen LogP contribution is 2.33. The molecule has 0 radical (unpaired) electrons. The fourth-order valence-corrected chi connectivity index (χ4v) is 2.97. The van der Waals surface area contributed by atoms with Crippen LogP contribution in [0.1, 0.15) is 11.1 Å². The van der Waals surface area contributed by atoms with Crippen molar-refractivity contribution in [1.29, 1.82) is 0 Å². The summed E-state index contributed by atoms with van der Waals surface area (Å²) in [5, 5.41) is 8.76. The highest BCUT2D eigenvalue weighted by atomic mass is 127. The number of hydrogen-bond acceptors (Lipinski definition) is 3. The first-order valence-electron chi connectivity index (χ1n) is 8.57. The fraction of sp³-hybridized carbons (Fsp3) is 0.263. The third-order valence-corrected chi connectivity index (χ3v) is 4.21. The number of guanidine groups is 1. The van der Waals surface area contributed by atoms with E-state index in [0.717, 1.165) is 5.56 Å². The summed E-state index contributed by atoms with van der Waals surface area (Å²) in [5.74, 6) is -0.113. The lowest BCUT2D eigenvalue weighted by Gasteiger charge is -2.16. The second-order valence-corrected chi connectivity index (χ2v) is 6.64. The molecule has 0 saturated heterocycles. The van der Waals surface area contributed by atoms with E-state index >= 15 is 0 Å². The van der Waals surface area contributed by atoms with Gasteiger partial charge in [0, 0.05) is 30.7 Å². The monoisotopic (exact) mass is 572 g/mol. The molecule has 2 aromatic rings. The maximum absolute atomic E-state index is 12.6. The maximum atomic E-state index is 12.6. The zero-order valence-corrected chi connectivity index (χ0v) is 19.8. The molecule has 0 aliphatic rings. The first-order chi connectivity index (χ1) is 13.9. The number of alkyl halides is 2. The fourth-order valence-electron chi connectivity index (χ4n) is 2.39. The van der Waals surface area contributed by atoms with Crippen molar-refractivity contribution in [1.82, 2.24) is 16.0 Å². The minimum atomic E-state index is -3.03. The number of aliphatic imine (C=N–C) groups is 1. The summed E-state index contributed by atoms with van der Waals surface area (Å²) in [6.45, 7) is -2.60. The van der Waals surface area contributed by atoms with Gasteiger partial charge in [0.1, 0.15) is 5.75 Å². The highest BCUT2D eigenvalue weighted by Gasteiger charge is 2.15. The van der Waals surface area contributed by atoms with Crippen LogP contribution in [0, 0.1) is 0 Å². The van der Waals surface area contributed by atoms with Crippen molar-refractivity contribution in [2.24, 2.45) is 4.99 Å². The molecule has 6 nitrogen and oxygen atoms in total. The van der Waals surface area contributed by atoms with Gasteiger partial charge in [0.05, 0.1) is 11.6 Å². The third kappa shape index (κ3) is 8.88. The Kier molecular flexibility index (Phi) is 11.7. The number of carbonyl (C=O) groups is 1. The predicted octanol–water partition coefficient (Wildman–Crippen LogP) is 4.19. The van der Waals surface area contributed by atoms with Gasteiger partial charge in [-0.15, -0.1) is 24.0 Å². The van der Waals surface area contributed by atoms with Crippen LogP contribution >= 0.6 is 47.2 Å². The Hall–Kier alpha value is -1.85. The Morgan fingerprint density at radius 2 is 1.80 bits per heavy atom. The molecule has 0 aliphatic heterocycles. The van der Waals surface area contributed by atoms with Crippen LogP contribution in [0.5, 0.6) is 5.75 Å². The Bertz CT molecular complexity index is 858. The summed E-state index contributed by atoms with van der Waals surface area (Å²) in [4.78, 5) is 16.0. The topological polar surface area (TPSA) is 74.8 Å². The molecule has 30 heavy (non-hydrogen) atoms. The van der Waals surface area contributed by atoms with E-state index < -0.39 is 6.61 Å². The van der Waals surface area contributed by atoms with Gasteiger partial charge in [-0.3, -0.25) is 9.79 Å². The molecular formula is C19H21Cl2F2IN4O2. The van der Waals surface area contributed by atoms with Gasteiger partial charge in [-0.2, -0.15) is 8.78 Å². The molecule has 0 unspecified atom stereocenters. The Morgan fingerprint density at radius 3 is 2.43 bits per heavy atom. The maximum Gasteiger partial charge on any atom is 0.387 e. The molecule has 3 N–H and O–H groups in total. The average molecular weight is 573 g/mol. The van der Waals surface area contributed by atoms with Crippen LogP contribution < -0.4 is 20.7 Å². The number of nitrogens with zero attached hydrogens (tertiary/aromatic N) is 1. The molecule has 0 bridgehead atoms. The van der Waals surface area contributed by atoms with Gasteiger partial charge in [-0.1, -0.05) is 53.5 Å². The van der Waals surface area contributed by atoms with Crippen molar-refractivity contribution in [2.45, 2.75) is 19.7 Å². The second-order valence-electron chi connectivity index (χ2n) is 5.80. The number of ether oxygens (including phenoxy) is 1. The molecule has 0 atom stereocenters. The first kappa shape index (κ1) is 26.2. The summed E-state index contributed by atoms with van der Waals surface area (Å²) in [6, 6.07) is 12.3. The lowest BCUT2D eigenvalue weighted by Crippen LogP contribution is -2.42. The van der Waals surface area contributed by atoms with Gasteiger partial charge >= 0.3 is 6.61 Å². The van der Waals surface area contributed by atoms with Crippen LogP contribution in [-0.4, -0.2) is 32.1 Å². The number of carbonyl (C=O) groups excluding carboxylic acids is 1. The summed E-state index contributed by atoms with van der Waals surface area (Å²) in [6.07, 6.45) is 0. The molecule has 2 rings (SSSR count). The van der Waals surface area contributed by atoms with Gasteiger partial charge in [-0.05, 0) is 17.7 Å². The third-order valence-electron chi connectivity index (χ3n) is 3.71. The highest BCUT2D eigenvalue weighted by molar-refractivity contribution is 14.0. The summed E-state index contributed by atoms with van der Waals surface area (Å²) in [5.41, 5.74) is 1.30. The zero-order valence-electron chi connectivity index (χ0n) is 15.9. The molecule has 1 amide bonds. The standard InChI is InChI=1S/C19H20Cl2F2N4O2.HI/c1-24-19(27-11-16(28)25-9-12-5-3-2-4-6-12)26-10-13-7-14(20)8-15(21)17(13)29-18(22)23;/h2-8,18H,9-11H2,1H3,(H,25,28)(H2,24,26,27);1H. The van der Waals surface area contributed by atoms with Crippen LogP contribution in [0.2, 0.25) is 10.0 Å². The molecule has 0 aliphatic carbocycles. The van der Waals surface area contributed by atoms with E-state index in [1.807, 2.05) is 30.3 Å². The minimum absolute atomic E-state index is 0. The van der Waals surface area contributed by atoms with Crippen LogP contribution in [0.25, 0.3) is 0 Å². The van der Waals surface area contributed by atoms with E-state index in [-0.39, 0.29) is 58.8 Å². The van der Waals surface area contributed by atoms with Gasteiger partial charge < -0.3 is 20.7 Å². The lowest BCUT2D eigenvalue weighted by molar-refractivity contribution is -0.120. The number of benzene rings is 2. The van der Waals surface area contributed by atoms with Crippen LogP contribution in [0.4, 0.5) is 8.78 Å².